The van der Waals surface area contributed by atoms with Gasteiger partial charge in [0.1, 0.15) is 5.75 Å². The smallest absolute Gasteiger partial charge is 0.226 e. The maximum atomic E-state index is 12.2. The van der Waals surface area contributed by atoms with Crippen LogP contribution in [0.15, 0.2) is 18.2 Å². The summed E-state index contributed by atoms with van der Waals surface area (Å²) in [5, 5.41) is 12.8. The fraction of sp³-hybridized carbons (Fsp3) is 0.562. The lowest BCUT2D eigenvalue weighted by Gasteiger charge is -2.21. The van der Waals surface area contributed by atoms with Crippen molar-refractivity contribution in [3.63, 3.8) is 0 Å². The summed E-state index contributed by atoms with van der Waals surface area (Å²) in [6.45, 7) is 3.95. The molecular weight excluding hydrogens is 254 g/mol. The first kappa shape index (κ1) is 14.9. The second-order valence-corrected chi connectivity index (χ2v) is 5.58. The zero-order valence-corrected chi connectivity index (χ0v) is 12.3. The lowest BCUT2D eigenvalue weighted by atomic mass is 10.0. The Bertz CT molecular complexity index is 487. The van der Waals surface area contributed by atoms with Gasteiger partial charge in [-0.25, -0.2) is 0 Å². The predicted octanol–water partition coefficient (Wildman–Crippen LogP) is 2.34. The van der Waals surface area contributed by atoms with Crippen LogP contribution in [0.5, 0.6) is 5.75 Å². The molecule has 0 saturated heterocycles. The predicted molar refractivity (Wildman–Crippen MR) is 77.6 cm³/mol. The number of aliphatic hydroxyl groups excluding tert-OH is 1. The Balaban J connectivity index is 2.09. The molecular formula is C16H23NO3. The van der Waals surface area contributed by atoms with Gasteiger partial charge < -0.3 is 15.2 Å². The largest absolute Gasteiger partial charge is 0.496 e. The summed E-state index contributed by atoms with van der Waals surface area (Å²) in [6.07, 6.45) is 1.91. The van der Waals surface area contributed by atoms with E-state index in [2.05, 4.69) is 5.32 Å². The molecule has 3 atom stereocenters. The van der Waals surface area contributed by atoms with Crippen LogP contribution in [0.2, 0.25) is 0 Å². The Morgan fingerprint density at radius 3 is 2.80 bits per heavy atom. The van der Waals surface area contributed by atoms with Gasteiger partial charge in [0.25, 0.3) is 0 Å². The number of nitrogens with one attached hydrogen (secondary N) is 1. The number of carbonyl (C=O) groups is 1. The van der Waals surface area contributed by atoms with Gasteiger partial charge >= 0.3 is 0 Å². The van der Waals surface area contributed by atoms with Gasteiger partial charge in [0, 0.05) is 5.56 Å². The number of carbonyl (C=O) groups excluding carboxylic acids is 1. The molecule has 1 saturated carbocycles. The van der Waals surface area contributed by atoms with Crippen molar-refractivity contribution in [2.45, 2.75) is 45.3 Å². The second kappa shape index (κ2) is 6.27. The molecule has 1 fully saturated rings. The zero-order valence-electron chi connectivity index (χ0n) is 12.3. The molecule has 0 heterocycles. The number of benzene rings is 1. The normalized spacial score (nSPS) is 23.4. The van der Waals surface area contributed by atoms with Crippen LogP contribution < -0.4 is 10.1 Å². The monoisotopic (exact) mass is 277 g/mol. The number of aliphatic hydroxyl groups is 1. The van der Waals surface area contributed by atoms with E-state index < -0.39 is 6.10 Å². The highest BCUT2D eigenvalue weighted by molar-refractivity contribution is 5.80. The first-order valence-electron chi connectivity index (χ1n) is 7.16. The standard InChI is InChI=1S/C16H23NO3/c1-10-7-8-15(20-3)13(9-10)11(2)17-16(19)12-5-4-6-14(12)18/h7-9,11-12,14,18H,4-6H2,1-3H3,(H,17,19). The van der Waals surface area contributed by atoms with E-state index >= 15 is 0 Å². The molecule has 3 unspecified atom stereocenters. The minimum absolute atomic E-state index is 0.0638. The summed E-state index contributed by atoms with van der Waals surface area (Å²) >= 11 is 0. The first-order valence-corrected chi connectivity index (χ1v) is 7.16. The molecule has 1 amide bonds. The van der Waals surface area contributed by atoms with E-state index in [1.165, 1.54) is 0 Å². The van der Waals surface area contributed by atoms with Crippen molar-refractivity contribution in [2.75, 3.05) is 7.11 Å². The Morgan fingerprint density at radius 1 is 1.45 bits per heavy atom. The fourth-order valence-electron chi connectivity index (χ4n) is 2.84. The number of aryl methyl sites for hydroxylation is 1. The topological polar surface area (TPSA) is 58.6 Å². The van der Waals surface area contributed by atoms with Crippen LogP contribution in [0.25, 0.3) is 0 Å². The average molecular weight is 277 g/mol. The van der Waals surface area contributed by atoms with Crippen molar-refractivity contribution in [3.8, 4) is 5.75 Å². The Hall–Kier alpha value is -1.55. The lowest BCUT2D eigenvalue weighted by molar-refractivity contribution is -0.128. The molecule has 0 radical (unpaired) electrons. The van der Waals surface area contributed by atoms with Gasteiger partial charge in [-0.3, -0.25) is 4.79 Å². The summed E-state index contributed by atoms with van der Waals surface area (Å²) in [4.78, 5) is 12.2. The molecule has 4 heteroatoms. The fourth-order valence-corrected chi connectivity index (χ4v) is 2.84. The third kappa shape index (κ3) is 3.12. The minimum atomic E-state index is -0.499. The van der Waals surface area contributed by atoms with Gasteiger partial charge in [0.15, 0.2) is 0 Å². The van der Waals surface area contributed by atoms with Crippen molar-refractivity contribution < 1.29 is 14.6 Å². The summed E-state index contributed by atoms with van der Waals surface area (Å²) in [6, 6.07) is 5.79. The van der Waals surface area contributed by atoms with Crippen LogP contribution >= 0.6 is 0 Å². The summed E-state index contributed by atoms with van der Waals surface area (Å²) in [5.74, 6) is 0.440. The van der Waals surface area contributed by atoms with E-state index in [4.69, 9.17) is 4.74 Å². The van der Waals surface area contributed by atoms with Crippen molar-refractivity contribution in [1.82, 2.24) is 5.32 Å². The second-order valence-electron chi connectivity index (χ2n) is 5.58. The number of ether oxygens (including phenoxy) is 1. The summed E-state index contributed by atoms with van der Waals surface area (Å²) in [5.41, 5.74) is 2.09. The molecule has 2 rings (SSSR count). The number of hydrogen-bond donors (Lipinski definition) is 2. The van der Waals surface area contributed by atoms with Gasteiger partial charge in [-0.2, -0.15) is 0 Å². The van der Waals surface area contributed by atoms with Crippen molar-refractivity contribution in [1.29, 1.82) is 0 Å². The third-order valence-corrected chi connectivity index (χ3v) is 4.03. The van der Waals surface area contributed by atoms with Gasteiger partial charge in [-0.15, -0.1) is 0 Å². The van der Waals surface area contributed by atoms with Crippen LogP contribution in [0, 0.1) is 12.8 Å². The van der Waals surface area contributed by atoms with Gasteiger partial charge in [0.2, 0.25) is 5.91 Å². The highest BCUT2D eigenvalue weighted by Crippen LogP contribution is 2.29. The highest BCUT2D eigenvalue weighted by Gasteiger charge is 2.32. The lowest BCUT2D eigenvalue weighted by Crippen LogP contribution is -2.36. The molecule has 20 heavy (non-hydrogen) atoms. The first-order chi connectivity index (χ1) is 9.52. The molecule has 0 aromatic heterocycles. The molecule has 1 aliphatic rings. The van der Waals surface area contributed by atoms with Crippen molar-refractivity contribution in [2.24, 2.45) is 5.92 Å². The summed E-state index contributed by atoms with van der Waals surface area (Å²) in [7, 11) is 1.63. The van der Waals surface area contributed by atoms with Gasteiger partial charge in [-0.1, -0.05) is 17.7 Å². The van der Waals surface area contributed by atoms with Gasteiger partial charge in [-0.05, 0) is 39.2 Å². The van der Waals surface area contributed by atoms with Crippen molar-refractivity contribution >= 4 is 5.91 Å². The molecule has 1 aromatic rings. The molecule has 0 aliphatic heterocycles. The van der Waals surface area contributed by atoms with E-state index in [1.807, 2.05) is 32.0 Å². The Morgan fingerprint density at radius 2 is 2.20 bits per heavy atom. The van der Waals surface area contributed by atoms with Gasteiger partial charge in [0.05, 0.1) is 25.2 Å². The SMILES string of the molecule is COc1ccc(C)cc1C(C)NC(=O)C1CCCC1O. The van der Waals surface area contributed by atoms with Crippen LogP contribution in [-0.2, 0) is 4.79 Å². The maximum Gasteiger partial charge on any atom is 0.226 e. The van der Waals surface area contributed by atoms with E-state index in [1.54, 1.807) is 7.11 Å². The van der Waals surface area contributed by atoms with Crippen molar-refractivity contribution in [3.05, 3.63) is 29.3 Å². The number of hydrogen-bond acceptors (Lipinski definition) is 3. The number of methoxy groups -OCH3 is 1. The minimum Gasteiger partial charge on any atom is -0.496 e. The molecule has 0 spiro atoms. The van der Waals surface area contributed by atoms with E-state index in [0.717, 1.165) is 36.1 Å². The summed E-state index contributed by atoms with van der Waals surface area (Å²) < 4.78 is 5.35. The van der Waals surface area contributed by atoms with E-state index in [0.29, 0.717) is 0 Å². The number of amides is 1. The number of rotatable bonds is 4. The highest BCUT2D eigenvalue weighted by atomic mass is 16.5. The average Bonchev–Trinajstić information content (AvgIpc) is 2.85. The Kier molecular flexibility index (Phi) is 4.65. The molecule has 2 N–H and O–H groups in total. The van der Waals surface area contributed by atoms with Crippen LogP contribution in [0.3, 0.4) is 0 Å². The van der Waals surface area contributed by atoms with E-state index in [9.17, 15) is 9.90 Å². The molecule has 0 bridgehead atoms. The van der Waals surface area contributed by atoms with Crippen LogP contribution in [0.1, 0.15) is 43.4 Å². The maximum absolute atomic E-state index is 12.2. The van der Waals surface area contributed by atoms with Crippen LogP contribution in [0.4, 0.5) is 0 Å². The van der Waals surface area contributed by atoms with Crippen LogP contribution in [-0.4, -0.2) is 24.2 Å². The third-order valence-electron chi connectivity index (χ3n) is 4.03. The molecule has 110 valence electrons. The molecule has 4 nitrogen and oxygen atoms in total. The molecule has 1 aliphatic carbocycles. The van der Waals surface area contributed by atoms with E-state index in [-0.39, 0.29) is 17.9 Å². The quantitative estimate of drug-likeness (QED) is 0.888. The Labute approximate surface area is 120 Å². The zero-order chi connectivity index (χ0) is 14.7. The molecule has 1 aromatic carbocycles.